The van der Waals surface area contributed by atoms with Crippen LogP contribution in [0.15, 0.2) is 36.4 Å². The number of carboxylic acids is 1. The molecule has 4 nitrogen and oxygen atoms in total. The maximum absolute atomic E-state index is 12.1. The first-order chi connectivity index (χ1) is 9.49. The number of aliphatic carboxylic acids is 1. The molecular formula is C15H15NO3S. The first kappa shape index (κ1) is 14.3. The molecule has 20 heavy (non-hydrogen) atoms. The maximum Gasteiger partial charge on any atom is 0.330 e. The number of carboxylic acid groups (broad SMARTS) is 1. The van der Waals surface area contributed by atoms with E-state index in [2.05, 4.69) is 5.32 Å². The second-order valence-corrected chi connectivity index (χ2v) is 5.76. The van der Waals surface area contributed by atoms with Gasteiger partial charge in [0, 0.05) is 4.88 Å². The molecule has 1 heterocycles. The predicted octanol–water partition coefficient (Wildman–Crippen LogP) is 2.92. The summed E-state index contributed by atoms with van der Waals surface area (Å²) in [6.07, 6.45) is 0. The van der Waals surface area contributed by atoms with Gasteiger partial charge in [-0.25, -0.2) is 4.79 Å². The fraction of sp³-hybridized carbons (Fsp3) is 0.200. The quantitative estimate of drug-likeness (QED) is 0.909. The molecule has 2 aromatic rings. The minimum atomic E-state index is -1.07. The van der Waals surface area contributed by atoms with Crippen molar-refractivity contribution in [3.05, 3.63) is 57.3 Å². The second kappa shape index (κ2) is 5.88. The Hall–Kier alpha value is -2.14. The van der Waals surface area contributed by atoms with Crippen LogP contribution in [-0.2, 0) is 4.79 Å². The molecule has 104 valence electrons. The van der Waals surface area contributed by atoms with Gasteiger partial charge >= 0.3 is 5.97 Å². The largest absolute Gasteiger partial charge is 0.479 e. The lowest BCUT2D eigenvalue weighted by molar-refractivity contribution is -0.139. The van der Waals surface area contributed by atoms with E-state index in [4.69, 9.17) is 0 Å². The first-order valence-electron chi connectivity index (χ1n) is 6.14. The van der Waals surface area contributed by atoms with Gasteiger partial charge < -0.3 is 10.4 Å². The van der Waals surface area contributed by atoms with E-state index in [0.717, 1.165) is 10.4 Å². The number of benzene rings is 1. The van der Waals surface area contributed by atoms with Crippen LogP contribution in [0.2, 0.25) is 0 Å². The van der Waals surface area contributed by atoms with Gasteiger partial charge in [-0.15, -0.1) is 11.3 Å². The van der Waals surface area contributed by atoms with Crippen molar-refractivity contribution in [1.82, 2.24) is 5.32 Å². The Kier molecular flexibility index (Phi) is 4.20. The van der Waals surface area contributed by atoms with Gasteiger partial charge in [0.1, 0.15) is 0 Å². The zero-order valence-corrected chi connectivity index (χ0v) is 12.0. The lowest BCUT2D eigenvalue weighted by Crippen LogP contribution is -2.33. The Labute approximate surface area is 121 Å². The fourth-order valence-corrected chi connectivity index (χ4v) is 2.76. The van der Waals surface area contributed by atoms with Crippen LogP contribution in [0.3, 0.4) is 0 Å². The molecule has 2 N–H and O–H groups in total. The summed E-state index contributed by atoms with van der Waals surface area (Å²) >= 11 is 1.37. The van der Waals surface area contributed by atoms with Crippen molar-refractivity contribution in [3.8, 4) is 0 Å². The van der Waals surface area contributed by atoms with Gasteiger partial charge in [-0.1, -0.05) is 30.3 Å². The van der Waals surface area contributed by atoms with Crippen LogP contribution < -0.4 is 5.32 Å². The molecule has 0 radical (unpaired) electrons. The Morgan fingerprint density at radius 2 is 1.85 bits per heavy atom. The molecule has 1 aromatic carbocycles. The number of rotatable bonds is 4. The molecule has 0 aliphatic carbocycles. The summed E-state index contributed by atoms with van der Waals surface area (Å²) in [5, 5.41) is 11.8. The lowest BCUT2D eigenvalue weighted by atomic mass is 10.1. The third-order valence-electron chi connectivity index (χ3n) is 3.05. The summed E-state index contributed by atoms with van der Waals surface area (Å²) in [4.78, 5) is 25.0. The van der Waals surface area contributed by atoms with Gasteiger partial charge in [0.25, 0.3) is 5.91 Å². The molecule has 0 aliphatic rings. The van der Waals surface area contributed by atoms with Crippen molar-refractivity contribution in [2.24, 2.45) is 0 Å². The molecule has 5 heteroatoms. The van der Waals surface area contributed by atoms with Gasteiger partial charge in [0.2, 0.25) is 0 Å². The van der Waals surface area contributed by atoms with Crippen molar-refractivity contribution in [3.63, 3.8) is 0 Å². The highest BCUT2D eigenvalue weighted by Gasteiger charge is 2.23. The van der Waals surface area contributed by atoms with Crippen LogP contribution >= 0.6 is 11.3 Å². The smallest absolute Gasteiger partial charge is 0.330 e. The van der Waals surface area contributed by atoms with Crippen LogP contribution in [0, 0.1) is 13.8 Å². The van der Waals surface area contributed by atoms with E-state index >= 15 is 0 Å². The van der Waals surface area contributed by atoms with Crippen LogP contribution in [0.4, 0.5) is 0 Å². The maximum atomic E-state index is 12.1. The summed E-state index contributed by atoms with van der Waals surface area (Å²) in [5.41, 5.74) is 1.59. The number of hydrogen-bond donors (Lipinski definition) is 2. The minimum Gasteiger partial charge on any atom is -0.479 e. The zero-order chi connectivity index (χ0) is 14.7. The number of carbonyl (C=O) groups is 2. The van der Waals surface area contributed by atoms with E-state index in [9.17, 15) is 14.7 Å². The third kappa shape index (κ3) is 3.05. The number of aryl methyl sites for hydroxylation is 2. The predicted molar refractivity (Wildman–Crippen MR) is 78.1 cm³/mol. The fourth-order valence-electron chi connectivity index (χ4n) is 1.82. The number of carbonyl (C=O) groups excluding carboxylic acids is 1. The van der Waals surface area contributed by atoms with Crippen LogP contribution in [0.1, 0.15) is 31.7 Å². The van der Waals surface area contributed by atoms with Gasteiger partial charge in [-0.3, -0.25) is 4.79 Å². The zero-order valence-electron chi connectivity index (χ0n) is 11.2. The average molecular weight is 289 g/mol. The van der Waals surface area contributed by atoms with E-state index in [1.807, 2.05) is 13.8 Å². The third-order valence-corrected chi connectivity index (χ3v) is 4.20. The number of nitrogens with one attached hydrogen (secondary N) is 1. The molecule has 1 amide bonds. The molecule has 1 atom stereocenters. The average Bonchev–Trinajstić information content (AvgIpc) is 2.76. The number of thiophene rings is 1. The van der Waals surface area contributed by atoms with Crippen molar-refractivity contribution in [2.75, 3.05) is 0 Å². The van der Waals surface area contributed by atoms with Gasteiger partial charge in [-0.2, -0.15) is 0 Å². The summed E-state index contributed by atoms with van der Waals surface area (Å²) in [6, 6.07) is 9.41. The normalized spacial score (nSPS) is 11.9. The van der Waals surface area contributed by atoms with Crippen molar-refractivity contribution >= 4 is 23.2 Å². The molecule has 2 rings (SSSR count). The first-order valence-corrected chi connectivity index (χ1v) is 6.96. The summed E-state index contributed by atoms with van der Waals surface area (Å²) in [7, 11) is 0. The van der Waals surface area contributed by atoms with Crippen molar-refractivity contribution in [1.29, 1.82) is 0 Å². The topological polar surface area (TPSA) is 66.4 Å². The SMILES string of the molecule is Cc1cc(C(=O)N[C@@H](C(=O)O)c2ccccc2)sc1C. The van der Waals surface area contributed by atoms with E-state index in [-0.39, 0.29) is 5.91 Å². The van der Waals surface area contributed by atoms with Crippen LogP contribution in [0.5, 0.6) is 0 Å². The van der Waals surface area contributed by atoms with Crippen molar-refractivity contribution < 1.29 is 14.7 Å². The highest BCUT2D eigenvalue weighted by atomic mass is 32.1. The molecule has 0 saturated carbocycles. The molecular weight excluding hydrogens is 274 g/mol. The monoisotopic (exact) mass is 289 g/mol. The minimum absolute atomic E-state index is 0.359. The summed E-state index contributed by atoms with van der Waals surface area (Å²) in [6.45, 7) is 3.86. The van der Waals surface area contributed by atoms with Gasteiger partial charge in [0.05, 0.1) is 4.88 Å². The van der Waals surface area contributed by atoms with Crippen LogP contribution in [0.25, 0.3) is 0 Å². The molecule has 0 fully saturated rings. The summed E-state index contributed by atoms with van der Waals surface area (Å²) in [5.74, 6) is -1.43. The molecule has 0 saturated heterocycles. The second-order valence-electron chi connectivity index (χ2n) is 4.51. The molecule has 1 aromatic heterocycles. The Balaban J connectivity index is 2.21. The molecule has 0 bridgehead atoms. The van der Waals surface area contributed by atoms with Crippen molar-refractivity contribution in [2.45, 2.75) is 19.9 Å². The molecule has 0 aliphatic heterocycles. The van der Waals surface area contributed by atoms with E-state index < -0.39 is 12.0 Å². The Morgan fingerprint density at radius 3 is 2.35 bits per heavy atom. The van der Waals surface area contributed by atoms with E-state index in [1.54, 1.807) is 36.4 Å². The number of amides is 1. The van der Waals surface area contributed by atoms with E-state index in [1.165, 1.54) is 11.3 Å². The van der Waals surface area contributed by atoms with E-state index in [0.29, 0.717) is 10.4 Å². The molecule has 0 spiro atoms. The number of hydrogen-bond acceptors (Lipinski definition) is 3. The summed E-state index contributed by atoms with van der Waals surface area (Å²) < 4.78 is 0. The highest BCUT2D eigenvalue weighted by Crippen LogP contribution is 2.22. The van der Waals surface area contributed by atoms with Gasteiger partial charge in [0.15, 0.2) is 6.04 Å². The Bertz CT molecular complexity index is 614. The lowest BCUT2D eigenvalue weighted by Gasteiger charge is -2.14. The highest BCUT2D eigenvalue weighted by molar-refractivity contribution is 7.14. The van der Waals surface area contributed by atoms with Gasteiger partial charge in [-0.05, 0) is 31.0 Å². The Morgan fingerprint density at radius 1 is 1.20 bits per heavy atom. The van der Waals surface area contributed by atoms with Crippen LogP contribution in [-0.4, -0.2) is 17.0 Å². The molecule has 0 unspecified atom stereocenters. The standard InChI is InChI=1S/C15H15NO3S/c1-9-8-12(20-10(9)2)14(17)16-13(15(18)19)11-6-4-3-5-7-11/h3-8,13H,1-2H3,(H,16,17)(H,18,19)/t13-/m1/s1.